The average Bonchev–Trinajstić information content (AvgIpc) is 3.27. The fourth-order valence-corrected chi connectivity index (χ4v) is 3.16. The molecular weight excluding hydrogens is 310 g/mol. The van der Waals surface area contributed by atoms with Crippen LogP contribution < -0.4 is 0 Å². The van der Waals surface area contributed by atoms with Crippen LogP contribution in [0.1, 0.15) is 43.1 Å². The lowest BCUT2D eigenvalue weighted by Gasteiger charge is -2.13. The molecule has 132 valence electrons. The van der Waals surface area contributed by atoms with Gasteiger partial charge in [0, 0.05) is 57.1 Å². The first-order valence-electron chi connectivity index (χ1n) is 8.28. The Morgan fingerprint density at radius 3 is 2.92 bits per heavy atom. The molecule has 0 unspecified atom stereocenters. The number of aliphatic hydroxyl groups is 1. The Labute approximate surface area is 141 Å². The third kappa shape index (κ3) is 3.66. The molecule has 1 aliphatic rings. The van der Waals surface area contributed by atoms with Crippen LogP contribution in [-0.4, -0.2) is 56.7 Å². The summed E-state index contributed by atoms with van der Waals surface area (Å²) in [6, 6.07) is 0.355. The molecule has 2 aromatic heterocycles. The second kappa shape index (κ2) is 7.42. The van der Waals surface area contributed by atoms with Gasteiger partial charge in [0.05, 0.1) is 12.1 Å². The van der Waals surface area contributed by atoms with Gasteiger partial charge in [0.1, 0.15) is 6.61 Å². The smallest absolute Gasteiger partial charge is 0.231 e. The maximum atomic E-state index is 9.71. The molecule has 1 fully saturated rings. The van der Waals surface area contributed by atoms with Crippen molar-refractivity contribution in [1.29, 1.82) is 0 Å². The van der Waals surface area contributed by atoms with Gasteiger partial charge in [-0.3, -0.25) is 9.58 Å². The molecule has 8 nitrogen and oxygen atoms in total. The number of hydrogen-bond donors (Lipinski definition) is 1. The Kier molecular flexibility index (Phi) is 5.27. The number of ether oxygens (including phenoxy) is 1. The molecule has 0 saturated carbocycles. The van der Waals surface area contributed by atoms with Crippen molar-refractivity contribution in [3.63, 3.8) is 0 Å². The second-order valence-corrected chi connectivity index (χ2v) is 6.65. The van der Waals surface area contributed by atoms with Crippen molar-refractivity contribution in [1.82, 2.24) is 24.8 Å². The van der Waals surface area contributed by atoms with Gasteiger partial charge in [-0.05, 0) is 13.8 Å². The molecular formula is C16H25N5O3. The highest BCUT2D eigenvalue weighted by molar-refractivity contribution is 5.08. The third-order valence-corrected chi connectivity index (χ3v) is 4.42. The first-order valence-corrected chi connectivity index (χ1v) is 8.28. The Balaban J connectivity index is 1.66. The monoisotopic (exact) mass is 335 g/mol. The summed E-state index contributed by atoms with van der Waals surface area (Å²) in [7, 11) is 1.60. The van der Waals surface area contributed by atoms with Crippen molar-refractivity contribution in [3.8, 4) is 0 Å². The molecule has 0 aliphatic carbocycles. The van der Waals surface area contributed by atoms with Crippen molar-refractivity contribution in [3.05, 3.63) is 29.7 Å². The summed E-state index contributed by atoms with van der Waals surface area (Å²) in [5, 5.41) is 18.0. The fraction of sp³-hybridized carbons (Fsp3) is 0.688. The highest BCUT2D eigenvalue weighted by Gasteiger charge is 2.37. The van der Waals surface area contributed by atoms with Gasteiger partial charge in [-0.25, -0.2) is 0 Å². The lowest BCUT2D eigenvalue weighted by molar-refractivity contribution is 0.174. The summed E-state index contributed by atoms with van der Waals surface area (Å²) in [6.07, 6.45) is 3.99. The highest BCUT2D eigenvalue weighted by Crippen LogP contribution is 2.32. The summed E-state index contributed by atoms with van der Waals surface area (Å²) < 4.78 is 12.4. The zero-order valence-corrected chi connectivity index (χ0v) is 14.4. The standard InChI is InChI=1S/C16H25N5O3/c1-11(2)21-6-12(4-17-21)5-20-7-13(9-22)14(8-20)16-18-15(10-23-3)19-24-16/h4,6,11,13-14,22H,5,7-10H2,1-3H3/t13-,14+/m0/s1. The predicted molar refractivity (Wildman–Crippen MR) is 86.2 cm³/mol. The number of rotatable bonds is 7. The lowest BCUT2D eigenvalue weighted by atomic mass is 9.97. The van der Waals surface area contributed by atoms with Crippen LogP contribution in [0.4, 0.5) is 0 Å². The predicted octanol–water partition coefficient (Wildman–Crippen LogP) is 1.20. The van der Waals surface area contributed by atoms with Gasteiger partial charge >= 0.3 is 0 Å². The van der Waals surface area contributed by atoms with Gasteiger partial charge in [-0.1, -0.05) is 5.16 Å². The maximum absolute atomic E-state index is 9.71. The van der Waals surface area contributed by atoms with Crippen molar-refractivity contribution in [2.24, 2.45) is 5.92 Å². The van der Waals surface area contributed by atoms with Crippen LogP contribution in [0, 0.1) is 5.92 Å². The molecule has 1 aliphatic heterocycles. The fourth-order valence-electron chi connectivity index (χ4n) is 3.16. The van der Waals surface area contributed by atoms with E-state index in [9.17, 15) is 5.11 Å². The first kappa shape index (κ1) is 17.1. The minimum absolute atomic E-state index is 0.0493. The summed E-state index contributed by atoms with van der Waals surface area (Å²) in [5.41, 5.74) is 1.17. The molecule has 0 aromatic carbocycles. The minimum atomic E-state index is 0.0493. The van der Waals surface area contributed by atoms with Crippen LogP contribution in [0.25, 0.3) is 0 Å². The molecule has 2 aromatic rings. The number of aromatic nitrogens is 4. The van der Waals surface area contributed by atoms with Gasteiger partial charge < -0.3 is 14.4 Å². The Bertz CT molecular complexity index is 654. The largest absolute Gasteiger partial charge is 0.396 e. The van der Waals surface area contributed by atoms with Crippen molar-refractivity contribution in [2.75, 3.05) is 26.8 Å². The van der Waals surface area contributed by atoms with Crippen LogP contribution in [0.15, 0.2) is 16.9 Å². The first-order chi connectivity index (χ1) is 11.6. The SMILES string of the molecule is COCc1noc([C@@H]2CN(Cc3cnn(C(C)C)c3)C[C@H]2CO)n1. The topological polar surface area (TPSA) is 89.4 Å². The van der Waals surface area contributed by atoms with E-state index in [0.717, 1.165) is 19.6 Å². The average molecular weight is 335 g/mol. The van der Waals surface area contributed by atoms with E-state index in [0.29, 0.717) is 24.4 Å². The van der Waals surface area contributed by atoms with E-state index < -0.39 is 0 Å². The van der Waals surface area contributed by atoms with E-state index >= 15 is 0 Å². The van der Waals surface area contributed by atoms with Gasteiger partial charge in [0.2, 0.25) is 5.89 Å². The zero-order valence-electron chi connectivity index (χ0n) is 14.4. The van der Waals surface area contributed by atoms with Crippen LogP contribution in [0.2, 0.25) is 0 Å². The van der Waals surface area contributed by atoms with Gasteiger partial charge in [-0.15, -0.1) is 0 Å². The van der Waals surface area contributed by atoms with Crippen LogP contribution >= 0.6 is 0 Å². The number of aliphatic hydroxyl groups excluding tert-OH is 1. The van der Waals surface area contributed by atoms with Crippen molar-refractivity contribution < 1.29 is 14.4 Å². The Morgan fingerprint density at radius 1 is 1.42 bits per heavy atom. The number of nitrogens with zero attached hydrogens (tertiary/aromatic N) is 5. The molecule has 0 radical (unpaired) electrons. The van der Waals surface area contributed by atoms with Crippen molar-refractivity contribution >= 4 is 0 Å². The van der Waals surface area contributed by atoms with Crippen LogP contribution in [-0.2, 0) is 17.9 Å². The molecule has 2 atom stereocenters. The summed E-state index contributed by atoms with van der Waals surface area (Å²) in [5.74, 6) is 1.27. The van der Waals surface area contributed by atoms with Gasteiger partial charge in [0.25, 0.3) is 0 Å². The molecule has 24 heavy (non-hydrogen) atoms. The van der Waals surface area contributed by atoms with Crippen molar-refractivity contribution in [2.45, 2.75) is 39.0 Å². The summed E-state index contributed by atoms with van der Waals surface area (Å²) in [6.45, 7) is 7.04. The molecule has 1 N–H and O–H groups in total. The molecule has 3 heterocycles. The van der Waals surface area contributed by atoms with E-state index in [1.54, 1.807) is 7.11 Å². The second-order valence-electron chi connectivity index (χ2n) is 6.65. The lowest BCUT2D eigenvalue weighted by Crippen LogP contribution is -2.20. The number of likely N-dealkylation sites (tertiary alicyclic amines) is 1. The normalized spacial score (nSPS) is 21.9. The summed E-state index contributed by atoms with van der Waals surface area (Å²) >= 11 is 0. The van der Waals surface area contributed by atoms with Crippen LogP contribution in [0.5, 0.6) is 0 Å². The molecule has 8 heteroatoms. The Hall–Kier alpha value is -1.77. The van der Waals surface area contributed by atoms with E-state index in [4.69, 9.17) is 9.26 Å². The van der Waals surface area contributed by atoms with Gasteiger partial charge in [0.15, 0.2) is 5.82 Å². The quantitative estimate of drug-likeness (QED) is 0.813. The molecule has 0 bridgehead atoms. The third-order valence-electron chi connectivity index (χ3n) is 4.42. The number of hydrogen-bond acceptors (Lipinski definition) is 7. The summed E-state index contributed by atoms with van der Waals surface area (Å²) in [4.78, 5) is 6.69. The maximum Gasteiger partial charge on any atom is 0.231 e. The van der Waals surface area contributed by atoms with Gasteiger partial charge in [-0.2, -0.15) is 10.1 Å². The molecule has 1 saturated heterocycles. The van der Waals surface area contributed by atoms with E-state index in [1.165, 1.54) is 5.56 Å². The number of methoxy groups -OCH3 is 1. The highest BCUT2D eigenvalue weighted by atomic mass is 16.5. The Morgan fingerprint density at radius 2 is 2.25 bits per heavy atom. The molecule has 3 rings (SSSR count). The minimum Gasteiger partial charge on any atom is -0.396 e. The molecule has 0 amide bonds. The molecule has 0 spiro atoms. The van der Waals surface area contributed by atoms with E-state index in [2.05, 4.69) is 40.2 Å². The van der Waals surface area contributed by atoms with E-state index in [1.807, 2.05) is 10.9 Å². The zero-order chi connectivity index (χ0) is 17.1. The van der Waals surface area contributed by atoms with E-state index in [-0.39, 0.29) is 18.4 Å². The van der Waals surface area contributed by atoms with Crippen LogP contribution in [0.3, 0.4) is 0 Å².